The van der Waals surface area contributed by atoms with Crippen LogP contribution in [0.1, 0.15) is 11.1 Å². The summed E-state index contributed by atoms with van der Waals surface area (Å²) in [7, 11) is 2.03. The minimum Gasteiger partial charge on any atom is -0.472 e. The van der Waals surface area contributed by atoms with Crippen LogP contribution in [0.3, 0.4) is 0 Å². The molecule has 0 spiro atoms. The summed E-state index contributed by atoms with van der Waals surface area (Å²) in [5, 5.41) is 0. The zero-order chi connectivity index (χ0) is 11.4. The number of nitrogens with two attached hydrogens (primary N) is 1. The van der Waals surface area contributed by atoms with Gasteiger partial charge in [0.25, 0.3) is 0 Å². The quantitative estimate of drug-likeness (QED) is 0.848. The molecule has 0 amide bonds. The molecule has 2 aromatic rings. The SMILES string of the molecule is CN(Cc1ccoc1)c1ccncc1CN. The van der Waals surface area contributed by atoms with Crippen molar-refractivity contribution in [2.24, 2.45) is 5.73 Å². The number of aromatic nitrogens is 1. The summed E-state index contributed by atoms with van der Waals surface area (Å²) in [6, 6.07) is 3.93. The second-order valence-electron chi connectivity index (χ2n) is 3.70. The van der Waals surface area contributed by atoms with Crippen molar-refractivity contribution in [1.82, 2.24) is 4.98 Å². The summed E-state index contributed by atoms with van der Waals surface area (Å²) in [6.07, 6.45) is 7.01. The third-order valence-electron chi connectivity index (χ3n) is 2.51. The van der Waals surface area contributed by atoms with Crippen LogP contribution >= 0.6 is 0 Å². The van der Waals surface area contributed by atoms with Gasteiger partial charge in [-0.05, 0) is 12.1 Å². The van der Waals surface area contributed by atoms with Gasteiger partial charge in [0.15, 0.2) is 0 Å². The Labute approximate surface area is 94.7 Å². The van der Waals surface area contributed by atoms with Crippen LogP contribution in [0.15, 0.2) is 41.5 Å². The summed E-state index contributed by atoms with van der Waals surface area (Å²) >= 11 is 0. The zero-order valence-corrected chi connectivity index (χ0v) is 9.26. The molecule has 4 heteroatoms. The fourth-order valence-corrected chi connectivity index (χ4v) is 1.69. The first-order valence-electron chi connectivity index (χ1n) is 5.16. The number of hydrogen-bond donors (Lipinski definition) is 1. The van der Waals surface area contributed by atoms with Gasteiger partial charge in [-0.3, -0.25) is 4.98 Å². The zero-order valence-electron chi connectivity index (χ0n) is 9.26. The lowest BCUT2D eigenvalue weighted by atomic mass is 10.2. The predicted molar refractivity (Wildman–Crippen MR) is 62.9 cm³/mol. The molecule has 16 heavy (non-hydrogen) atoms. The van der Waals surface area contributed by atoms with Crippen molar-refractivity contribution < 1.29 is 4.42 Å². The molecule has 0 saturated carbocycles. The second kappa shape index (κ2) is 4.81. The topological polar surface area (TPSA) is 55.3 Å². The average molecular weight is 217 g/mol. The molecule has 0 radical (unpaired) electrons. The van der Waals surface area contributed by atoms with E-state index in [1.807, 2.05) is 19.2 Å². The van der Waals surface area contributed by atoms with Gasteiger partial charge in [-0.1, -0.05) is 0 Å². The number of hydrogen-bond acceptors (Lipinski definition) is 4. The maximum absolute atomic E-state index is 5.68. The third-order valence-corrected chi connectivity index (χ3v) is 2.51. The molecule has 0 aliphatic carbocycles. The van der Waals surface area contributed by atoms with Crippen molar-refractivity contribution in [3.63, 3.8) is 0 Å². The Hall–Kier alpha value is -1.81. The van der Waals surface area contributed by atoms with Crippen molar-refractivity contribution >= 4 is 5.69 Å². The van der Waals surface area contributed by atoms with Gasteiger partial charge in [-0.2, -0.15) is 0 Å². The molecule has 2 aromatic heterocycles. The predicted octanol–water partition coefficient (Wildman–Crippen LogP) is 1.77. The normalized spacial score (nSPS) is 10.4. The average Bonchev–Trinajstić information content (AvgIpc) is 2.81. The summed E-state index contributed by atoms with van der Waals surface area (Å²) in [6.45, 7) is 1.30. The molecule has 2 rings (SSSR count). The molecule has 0 saturated heterocycles. The number of rotatable bonds is 4. The molecule has 0 fully saturated rings. The van der Waals surface area contributed by atoms with Gasteiger partial charge in [0, 0.05) is 49.3 Å². The number of nitrogens with zero attached hydrogens (tertiary/aromatic N) is 2. The standard InChI is InChI=1S/C12H15N3O/c1-15(8-10-3-5-16-9-10)12-2-4-14-7-11(12)6-13/h2-5,7,9H,6,8,13H2,1H3. The van der Waals surface area contributed by atoms with Crippen LogP contribution in [0.25, 0.3) is 0 Å². The number of anilines is 1. The first kappa shape index (κ1) is 10.7. The van der Waals surface area contributed by atoms with Crippen LogP contribution in [-0.2, 0) is 13.1 Å². The highest BCUT2D eigenvalue weighted by atomic mass is 16.3. The minimum atomic E-state index is 0.499. The van der Waals surface area contributed by atoms with Crippen LogP contribution in [-0.4, -0.2) is 12.0 Å². The number of pyridine rings is 1. The fourth-order valence-electron chi connectivity index (χ4n) is 1.69. The maximum atomic E-state index is 5.68. The summed E-state index contributed by atoms with van der Waals surface area (Å²) in [4.78, 5) is 6.20. The van der Waals surface area contributed by atoms with Crippen LogP contribution in [0.4, 0.5) is 5.69 Å². The van der Waals surface area contributed by atoms with E-state index in [0.29, 0.717) is 6.54 Å². The second-order valence-corrected chi connectivity index (χ2v) is 3.70. The third kappa shape index (κ3) is 2.23. The molecule has 0 atom stereocenters. The number of furan rings is 1. The summed E-state index contributed by atoms with van der Waals surface area (Å²) in [5.74, 6) is 0. The monoisotopic (exact) mass is 217 g/mol. The van der Waals surface area contributed by atoms with Crippen LogP contribution < -0.4 is 10.6 Å². The first-order chi connectivity index (χ1) is 7.81. The van der Waals surface area contributed by atoms with Crippen LogP contribution in [0.2, 0.25) is 0 Å². The van der Waals surface area contributed by atoms with E-state index < -0.39 is 0 Å². The van der Waals surface area contributed by atoms with E-state index >= 15 is 0 Å². The Balaban J connectivity index is 2.17. The molecule has 4 nitrogen and oxygen atoms in total. The van der Waals surface area contributed by atoms with Crippen molar-refractivity contribution in [3.8, 4) is 0 Å². The lowest BCUT2D eigenvalue weighted by Gasteiger charge is -2.20. The minimum absolute atomic E-state index is 0.499. The van der Waals surface area contributed by atoms with Crippen molar-refractivity contribution in [3.05, 3.63) is 48.2 Å². The molecule has 2 N–H and O–H groups in total. The molecule has 84 valence electrons. The van der Waals surface area contributed by atoms with Crippen molar-refractivity contribution in [2.45, 2.75) is 13.1 Å². The molecule has 2 heterocycles. The Morgan fingerprint density at radius 1 is 1.44 bits per heavy atom. The Morgan fingerprint density at radius 2 is 2.31 bits per heavy atom. The van der Waals surface area contributed by atoms with E-state index in [1.165, 1.54) is 0 Å². The van der Waals surface area contributed by atoms with E-state index in [0.717, 1.165) is 23.4 Å². The molecule has 0 aliphatic rings. The highest BCUT2D eigenvalue weighted by molar-refractivity contribution is 5.51. The van der Waals surface area contributed by atoms with Gasteiger partial charge >= 0.3 is 0 Å². The van der Waals surface area contributed by atoms with Gasteiger partial charge in [0.1, 0.15) is 0 Å². The molecule has 0 aromatic carbocycles. The van der Waals surface area contributed by atoms with Gasteiger partial charge in [0.05, 0.1) is 12.5 Å². The highest BCUT2D eigenvalue weighted by Crippen LogP contribution is 2.19. The molecular weight excluding hydrogens is 202 g/mol. The Kier molecular flexibility index (Phi) is 3.22. The lowest BCUT2D eigenvalue weighted by molar-refractivity contribution is 0.563. The Morgan fingerprint density at radius 3 is 3.00 bits per heavy atom. The van der Waals surface area contributed by atoms with Gasteiger partial charge in [-0.25, -0.2) is 0 Å². The molecule has 0 unspecified atom stereocenters. The highest BCUT2D eigenvalue weighted by Gasteiger charge is 2.07. The van der Waals surface area contributed by atoms with Crippen LogP contribution in [0.5, 0.6) is 0 Å². The van der Waals surface area contributed by atoms with E-state index in [-0.39, 0.29) is 0 Å². The molecule has 0 aliphatic heterocycles. The van der Waals surface area contributed by atoms with Crippen LogP contribution in [0, 0.1) is 0 Å². The largest absolute Gasteiger partial charge is 0.472 e. The van der Waals surface area contributed by atoms with E-state index in [4.69, 9.17) is 10.2 Å². The van der Waals surface area contributed by atoms with E-state index in [9.17, 15) is 0 Å². The van der Waals surface area contributed by atoms with Crippen molar-refractivity contribution in [2.75, 3.05) is 11.9 Å². The van der Waals surface area contributed by atoms with Gasteiger partial charge in [0.2, 0.25) is 0 Å². The fraction of sp³-hybridized carbons (Fsp3) is 0.250. The maximum Gasteiger partial charge on any atom is 0.0952 e. The van der Waals surface area contributed by atoms with E-state index in [2.05, 4.69) is 9.88 Å². The van der Waals surface area contributed by atoms with Gasteiger partial charge < -0.3 is 15.1 Å². The molecular formula is C12H15N3O. The van der Waals surface area contributed by atoms with Gasteiger partial charge in [-0.15, -0.1) is 0 Å². The molecule has 0 bridgehead atoms. The summed E-state index contributed by atoms with van der Waals surface area (Å²) < 4.78 is 5.04. The first-order valence-corrected chi connectivity index (χ1v) is 5.16. The van der Waals surface area contributed by atoms with Crippen molar-refractivity contribution in [1.29, 1.82) is 0 Å². The summed E-state index contributed by atoms with van der Waals surface area (Å²) in [5.41, 5.74) is 8.98. The smallest absolute Gasteiger partial charge is 0.0952 e. The van der Waals surface area contributed by atoms with E-state index in [1.54, 1.807) is 24.9 Å². The lowest BCUT2D eigenvalue weighted by Crippen LogP contribution is -2.18. The Bertz CT molecular complexity index is 439.